The number of hydrogen-bond acceptors (Lipinski definition) is 6. The van der Waals surface area contributed by atoms with Gasteiger partial charge in [0.25, 0.3) is 17.5 Å². The number of nitro groups is 1. The number of nitrogens with one attached hydrogen (secondary N) is 1. The van der Waals surface area contributed by atoms with Crippen LogP contribution in [0.15, 0.2) is 54.2 Å². The average Bonchev–Trinajstić information content (AvgIpc) is 2.79. The van der Waals surface area contributed by atoms with Gasteiger partial charge in [-0.05, 0) is 35.9 Å². The third-order valence-electron chi connectivity index (χ3n) is 4.54. The van der Waals surface area contributed by atoms with Crippen LogP contribution in [0, 0.1) is 10.1 Å². The molecule has 2 aromatic carbocycles. The Morgan fingerprint density at radius 3 is 2.30 bits per heavy atom. The summed E-state index contributed by atoms with van der Waals surface area (Å²) in [5, 5.41) is 13.4. The number of amides is 2. The average molecular weight is 411 g/mol. The minimum absolute atomic E-state index is 0.102. The first-order valence-electron chi connectivity index (χ1n) is 9.26. The number of non-ortho nitro benzene ring substituents is 1. The van der Waals surface area contributed by atoms with Gasteiger partial charge in [-0.1, -0.05) is 12.1 Å². The van der Waals surface area contributed by atoms with Crippen molar-refractivity contribution in [1.82, 2.24) is 10.2 Å². The summed E-state index contributed by atoms with van der Waals surface area (Å²) >= 11 is 0. The summed E-state index contributed by atoms with van der Waals surface area (Å²) in [4.78, 5) is 37.5. The van der Waals surface area contributed by atoms with Crippen LogP contribution in [-0.4, -0.2) is 55.1 Å². The maximum atomic E-state index is 13.0. The van der Waals surface area contributed by atoms with Crippen LogP contribution in [0.5, 0.6) is 5.75 Å². The van der Waals surface area contributed by atoms with Crippen molar-refractivity contribution in [2.75, 3.05) is 33.4 Å². The van der Waals surface area contributed by atoms with Gasteiger partial charge >= 0.3 is 0 Å². The maximum absolute atomic E-state index is 13.0. The Morgan fingerprint density at radius 1 is 1.10 bits per heavy atom. The molecule has 30 heavy (non-hydrogen) atoms. The van der Waals surface area contributed by atoms with E-state index in [9.17, 15) is 19.7 Å². The van der Waals surface area contributed by atoms with Crippen LogP contribution in [0.1, 0.15) is 15.9 Å². The SMILES string of the molecule is COc1ccc(C=C(NC(=O)c2ccc([N+](=O)[O-])cc2)C(=O)N2CCOCC2)cc1. The zero-order valence-corrected chi connectivity index (χ0v) is 16.4. The van der Waals surface area contributed by atoms with Crippen molar-refractivity contribution in [3.05, 3.63) is 75.5 Å². The molecular weight excluding hydrogens is 390 g/mol. The molecule has 0 radical (unpaired) electrons. The molecule has 0 bridgehead atoms. The van der Waals surface area contributed by atoms with E-state index in [1.54, 1.807) is 42.4 Å². The number of nitrogens with zero attached hydrogens (tertiary/aromatic N) is 2. The Balaban J connectivity index is 1.85. The van der Waals surface area contributed by atoms with Crippen molar-refractivity contribution in [1.29, 1.82) is 0 Å². The zero-order chi connectivity index (χ0) is 21.5. The van der Waals surface area contributed by atoms with Gasteiger partial charge in [-0.2, -0.15) is 0 Å². The molecule has 1 aliphatic rings. The van der Waals surface area contributed by atoms with E-state index in [0.29, 0.717) is 37.6 Å². The van der Waals surface area contributed by atoms with Gasteiger partial charge in [0.05, 0.1) is 25.2 Å². The smallest absolute Gasteiger partial charge is 0.270 e. The number of carbonyl (C=O) groups is 2. The third-order valence-corrected chi connectivity index (χ3v) is 4.54. The van der Waals surface area contributed by atoms with Gasteiger partial charge in [0.15, 0.2) is 0 Å². The Kier molecular flexibility index (Phi) is 6.76. The lowest BCUT2D eigenvalue weighted by Gasteiger charge is -2.27. The first kappa shape index (κ1) is 21.0. The predicted molar refractivity (Wildman–Crippen MR) is 109 cm³/mol. The molecule has 2 amide bonds. The molecule has 0 unspecified atom stereocenters. The highest BCUT2D eigenvalue weighted by atomic mass is 16.6. The molecule has 1 saturated heterocycles. The molecule has 1 N–H and O–H groups in total. The van der Waals surface area contributed by atoms with Gasteiger partial charge in [-0.15, -0.1) is 0 Å². The molecule has 9 heteroatoms. The number of nitro benzene ring substituents is 1. The maximum Gasteiger partial charge on any atom is 0.270 e. The normalized spacial score (nSPS) is 14.2. The molecule has 2 aromatic rings. The standard InChI is InChI=1S/C21H21N3O6/c1-29-18-8-2-15(3-9-18)14-19(21(26)23-10-12-30-13-11-23)22-20(25)16-4-6-17(7-5-16)24(27)28/h2-9,14H,10-13H2,1H3,(H,22,25). The summed E-state index contributed by atoms with van der Waals surface area (Å²) in [5.41, 5.74) is 0.891. The molecule has 1 heterocycles. The monoisotopic (exact) mass is 411 g/mol. The second kappa shape index (κ2) is 9.66. The van der Waals surface area contributed by atoms with E-state index in [1.165, 1.54) is 24.3 Å². The summed E-state index contributed by atoms with van der Waals surface area (Å²) in [6, 6.07) is 12.2. The molecule has 1 fully saturated rings. The fourth-order valence-corrected chi connectivity index (χ4v) is 2.88. The highest BCUT2D eigenvalue weighted by molar-refractivity contribution is 6.05. The Bertz CT molecular complexity index is 948. The largest absolute Gasteiger partial charge is 0.497 e. The quantitative estimate of drug-likeness (QED) is 0.443. The molecule has 0 spiro atoms. The fraction of sp³-hybridized carbons (Fsp3) is 0.238. The van der Waals surface area contributed by atoms with Crippen LogP contribution >= 0.6 is 0 Å². The fourth-order valence-electron chi connectivity index (χ4n) is 2.88. The van der Waals surface area contributed by atoms with Crippen molar-refractivity contribution in [2.24, 2.45) is 0 Å². The Morgan fingerprint density at radius 2 is 1.73 bits per heavy atom. The summed E-state index contributed by atoms with van der Waals surface area (Å²) in [7, 11) is 1.56. The van der Waals surface area contributed by atoms with E-state index in [1.807, 2.05) is 0 Å². The third kappa shape index (κ3) is 5.21. The molecular formula is C21H21N3O6. The van der Waals surface area contributed by atoms with Crippen LogP contribution in [0.25, 0.3) is 6.08 Å². The van der Waals surface area contributed by atoms with Gasteiger partial charge < -0.3 is 19.7 Å². The lowest BCUT2D eigenvalue weighted by molar-refractivity contribution is -0.384. The molecule has 9 nitrogen and oxygen atoms in total. The molecule has 0 saturated carbocycles. The zero-order valence-electron chi connectivity index (χ0n) is 16.4. The van der Waals surface area contributed by atoms with Crippen molar-refractivity contribution in [3.63, 3.8) is 0 Å². The molecule has 0 atom stereocenters. The predicted octanol–water partition coefficient (Wildman–Crippen LogP) is 2.23. The van der Waals surface area contributed by atoms with Crippen molar-refractivity contribution in [2.45, 2.75) is 0 Å². The van der Waals surface area contributed by atoms with Crippen molar-refractivity contribution < 1.29 is 24.0 Å². The molecule has 156 valence electrons. The van der Waals surface area contributed by atoms with Gasteiger partial charge in [-0.3, -0.25) is 19.7 Å². The van der Waals surface area contributed by atoms with Crippen LogP contribution in [0.3, 0.4) is 0 Å². The van der Waals surface area contributed by atoms with Gasteiger partial charge in [0, 0.05) is 30.8 Å². The van der Waals surface area contributed by atoms with E-state index >= 15 is 0 Å². The second-order valence-electron chi connectivity index (χ2n) is 6.49. The van der Waals surface area contributed by atoms with E-state index in [-0.39, 0.29) is 22.9 Å². The van der Waals surface area contributed by atoms with E-state index in [0.717, 1.165) is 0 Å². The lowest BCUT2D eigenvalue weighted by atomic mass is 10.1. The lowest BCUT2D eigenvalue weighted by Crippen LogP contribution is -2.44. The Labute approximate surface area is 173 Å². The first-order chi connectivity index (χ1) is 14.5. The highest BCUT2D eigenvalue weighted by Gasteiger charge is 2.23. The first-order valence-corrected chi connectivity index (χ1v) is 9.26. The van der Waals surface area contributed by atoms with Crippen LogP contribution in [0.4, 0.5) is 5.69 Å². The molecule has 3 rings (SSSR count). The van der Waals surface area contributed by atoms with Gasteiger partial charge in [0.2, 0.25) is 0 Å². The minimum atomic E-state index is -0.543. The number of ether oxygens (including phenoxy) is 2. The number of methoxy groups -OCH3 is 1. The summed E-state index contributed by atoms with van der Waals surface area (Å²) in [5.74, 6) is -0.196. The topological polar surface area (TPSA) is 111 Å². The van der Waals surface area contributed by atoms with E-state index in [4.69, 9.17) is 9.47 Å². The second-order valence-corrected chi connectivity index (χ2v) is 6.49. The Hall–Kier alpha value is -3.72. The number of hydrogen-bond donors (Lipinski definition) is 1. The summed E-state index contributed by atoms with van der Waals surface area (Å²) in [6.45, 7) is 1.70. The summed E-state index contributed by atoms with van der Waals surface area (Å²) in [6.07, 6.45) is 1.58. The van der Waals surface area contributed by atoms with E-state index < -0.39 is 10.8 Å². The van der Waals surface area contributed by atoms with E-state index in [2.05, 4.69) is 5.32 Å². The van der Waals surface area contributed by atoms with Crippen molar-refractivity contribution in [3.8, 4) is 5.75 Å². The van der Waals surface area contributed by atoms with Crippen LogP contribution in [-0.2, 0) is 9.53 Å². The molecule has 0 aliphatic carbocycles. The number of benzene rings is 2. The van der Waals surface area contributed by atoms with Gasteiger partial charge in [-0.25, -0.2) is 0 Å². The molecule has 0 aromatic heterocycles. The minimum Gasteiger partial charge on any atom is -0.497 e. The molecule has 1 aliphatic heterocycles. The van der Waals surface area contributed by atoms with Crippen LogP contribution < -0.4 is 10.1 Å². The van der Waals surface area contributed by atoms with Crippen molar-refractivity contribution >= 4 is 23.6 Å². The van der Waals surface area contributed by atoms with Crippen LogP contribution in [0.2, 0.25) is 0 Å². The summed E-state index contributed by atoms with van der Waals surface area (Å²) < 4.78 is 10.4. The number of carbonyl (C=O) groups excluding carboxylic acids is 2. The number of morpholine rings is 1. The highest BCUT2D eigenvalue weighted by Crippen LogP contribution is 2.16. The number of rotatable bonds is 6. The van der Waals surface area contributed by atoms with Gasteiger partial charge in [0.1, 0.15) is 11.4 Å².